The van der Waals surface area contributed by atoms with Crippen LogP contribution < -0.4 is 5.32 Å². The molecule has 0 aliphatic carbocycles. The van der Waals surface area contributed by atoms with Crippen LogP contribution in [0.5, 0.6) is 0 Å². The minimum Gasteiger partial charge on any atom is -0.348 e. The summed E-state index contributed by atoms with van der Waals surface area (Å²) in [6.45, 7) is 2.24. The number of carbonyl (C=O) groups is 1. The van der Waals surface area contributed by atoms with Gasteiger partial charge in [0.1, 0.15) is 5.82 Å². The SMILES string of the molecule is O=C(NCc1ccc2c(c1)CN(Cc1ccc(F)cc1Br)C2)c1cc([N+](=O)[O-])cc([N+](=O)[O-])c1. The van der Waals surface area contributed by atoms with Crippen LogP contribution in [0, 0.1) is 26.0 Å². The Kier molecular flexibility index (Phi) is 6.66. The summed E-state index contributed by atoms with van der Waals surface area (Å²) in [7, 11) is 0. The van der Waals surface area contributed by atoms with Crippen molar-refractivity contribution in [3.8, 4) is 0 Å². The molecule has 0 saturated carbocycles. The van der Waals surface area contributed by atoms with Gasteiger partial charge in [-0.3, -0.25) is 29.9 Å². The number of non-ortho nitro benzene ring substituents is 2. The Labute approximate surface area is 201 Å². The molecule has 1 aliphatic heterocycles. The Morgan fingerprint density at radius 3 is 2.29 bits per heavy atom. The number of benzene rings is 3. The molecule has 1 amide bonds. The van der Waals surface area contributed by atoms with Crippen molar-refractivity contribution in [3.05, 3.63) is 113 Å². The highest BCUT2D eigenvalue weighted by molar-refractivity contribution is 9.10. The van der Waals surface area contributed by atoms with Gasteiger partial charge in [-0.1, -0.05) is 40.2 Å². The number of halogens is 2. The lowest BCUT2D eigenvalue weighted by Gasteiger charge is -2.15. The summed E-state index contributed by atoms with van der Waals surface area (Å²) in [5.41, 5.74) is 2.87. The van der Waals surface area contributed by atoms with Crippen molar-refractivity contribution < 1.29 is 19.0 Å². The predicted molar refractivity (Wildman–Crippen MR) is 124 cm³/mol. The molecule has 9 nitrogen and oxygen atoms in total. The van der Waals surface area contributed by atoms with Gasteiger partial charge in [0.2, 0.25) is 0 Å². The van der Waals surface area contributed by atoms with Crippen molar-refractivity contribution in [1.29, 1.82) is 0 Å². The second kappa shape index (κ2) is 9.65. The first kappa shape index (κ1) is 23.5. The van der Waals surface area contributed by atoms with Gasteiger partial charge in [-0.05, 0) is 34.4 Å². The minimum atomic E-state index is -0.777. The number of rotatable bonds is 7. The molecule has 0 saturated heterocycles. The van der Waals surface area contributed by atoms with E-state index in [0.717, 1.165) is 47.0 Å². The zero-order valence-corrected chi connectivity index (χ0v) is 19.2. The van der Waals surface area contributed by atoms with Crippen molar-refractivity contribution in [2.45, 2.75) is 26.2 Å². The molecule has 34 heavy (non-hydrogen) atoms. The maximum atomic E-state index is 13.3. The summed E-state index contributed by atoms with van der Waals surface area (Å²) in [5.74, 6) is -0.943. The fourth-order valence-corrected chi connectivity index (χ4v) is 4.33. The molecule has 0 fully saturated rings. The minimum absolute atomic E-state index is 0.155. The number of amides is 1. The Morgan fingerprint density at radius 1 is 0.971 bits per heavy atom. The van der Waals surface area contributed by atoms with Crippen LogP contribution in [0.1, 0.15) is 32.6 Å². The summed E-state index contributed by atoms with van der Waals surface area (Å²) in [4.78, 5) is 35.3. The van der Waals surface area contributed by atoms with Crippen molar-refractivity contribution in [3.63, 3.8) is 0 Å². The van der Waals surface area contributed by atoms with Crippen LogP contribution in [0.3, 0.4) is 0 Å². The average Bonchev–Trinajstić information content (AvgIpc) is 3.20. The third-order valence-electron chi connectivity index (χ3n) is 5.51. The largest absolute Gasteiger partial charge is 0.348 e. The first-order valence-corrected chi connectivity index (χ1v) is 11.0. The molecule has 0 aromatic heterocycles. The van der Waals surface area contributed by atoms with Crippen LogP contribution in [0.25, 0.3) is 0 Å². The normalized spacial score (nSPS) is 12.9. The molecule has 174 valence electrons. The van der Waals surface area contributed by atoms with Crippen molar-refractivity contribution in [1.82, 2.24) is 10.2 Å². The monoisotopic (exact) mass is 528 g/mol. The smallest absolute Gasteiger partial charge is 0.277 e. The number of nitrogens with zero attached hydrogens (tertiary/aromatic N) is 3. The van der Waals surface area contributed by atoms with E-state index in [-0.39, 0.29) is 17.9 Å². The van der Waals surface area contributed by atoms with Gasteiger partial charge in [0.05, 0.1) is 21.5 Å². The van der Waals surface area contributed by atoms with Crippen LogP contribution in [0.2, 0.25) is 0 Å². The van der Waals surface area contributed by atoms with Gasteiger partial charge >= 0.3 is 0 Å². The lowest BCUT2D eigenvalue weighted by molar-refractivity contribution is -0.394. The van der Waals surface area contributed by atoms with E-state index in [9.17, 15) is 29.4 Å². The van der Waals surface area contributed by atoms with E-state index in [2.05, 4.69) is 26.1 Å². The van der Waals surface area contributed by atoms with Gasteiger partial charge in [0.15, 0.2) is 0 Å². The molecule has 0 atom stereocenters. The molecule has 0 spiro atoms. The molecule has 4 rings (SSSR count). The second-order valence-corrected chi connectivity index (χ2v) is 8.77. The van der Waals surface area contributed by atoms with Crippen LogP contribution >= 0.6 is 15.9 Å². The quantitative estimate of drug-likeness (QED) is 0.345. The standard InChI is InChI=1S/C23H18BrFN4O5/c24-22-8-19(25)4-3-16(22)12-27-11-15-2-1-14(5-18(15)13-27)10-26-23(30)17-6-20(28(31)32)9-21(7-17)29(33)34/h1-9H,10-13H2,(H,26,30). The zero-order chi connectivity index (χ0) is 24.4. The summed E-state index contributed by atoms with van der Waals surface area (Å²) < 4.78 is 14.1. The molecular formula is C23H18BrFN4O5. The third kappa shape index (κ3) is 5.26. The number of nitro groups is 2. The number of nitro benzene ring substituents is 2. The summed E-state index contributed by atoms with van der Waals surface area (Å²) in [5, 5.41) is 24.7. The summed E-state index contributed by atoms with van der Waals surface area (Å²) in [6.07, 6.45) is 0. The van der Waals surface area contributed by atoms with Crippen LogP contribution in [0.4, 0.5) is 15.8 Å². The number of hydrogen-bond acceptors (Lipinski definition) is 6. The molecule has 0 bridgehead atoms. The van der Waals surface area contributed by atoms with Gasteiger partial charge in [-0.15, -0.1) is 0 Å². The maximum Gasteiger partial charge on any atom is 0.277 e. The zero-order valence-electron chi connectivity index (χ0n) is 17.7. The van der Waals surface area contributed by atoms with Crippen molar-refractivity contribution in [2.24, 2.45) is 0 Å². The lowest BCUT2D eigenvalue weighted by atomic mass is 10.1. The average molecular weight is 529 g/mol. The van der Waals surface area contributed by atoms with Gasteiger partial charge in [-0.2, -0.15) is 0 Å². The third-order valence-corrected chi connectivity index (χ3v) is 6.25. The van der Waals surface area contributed by atoms with Crippen molar-refractivity contribution in [2.75, 3.05) is 0 Å². The van der Waals surface area contributed by atoms with E-state index in [1.165, 1.54) is 12.1 Å². The Balaban J connectivity index is 1.42. The molecule has 11 heteroatoms. The van der Waals surface area contributed by atoms with E-state index in [4.69, 9.17) is 0 Å². The van der Waals surface area contributed by atoms with Gasteiger partial charge in [0.25, 0.3) is 17.3 Å². The molecule has 1 aliphatic rings. The summed E-state index contributed by atoms with van der Waals surface area (Å²) >= 11 is 3.40. The first-order valence-electron chi connectivity index (χ1n) is 10.2. The molecule has 1 heterocycles. The van der Waals surface area contributed by atoms with Gasteiger partial charge < -0.3 is 5.32 Å². The number of carbonyl (C=O) groups excluding carboxylic acids is 1. The molecule has 0 unspecified atom stereocenters. The van der Waals surface area contributed by atoms with E-state index < -0.39 is 27.1 Å². The number of hydrogen-bond donors (Lipinski definition) is 1. The number of fused-ring (bicyclic) bond motifs is 1. The highest BCUT2D eigenvalue weighted by atomic mass is 79.9. The Hall–Kier alpha value is -3.70. The highest BCUT2D eigenvalue weighted by Gasteiger charge is 2.22. The Morgan fingerprint density at radius 2 is 1.65 bits per heavy atom. The molecule has 3 aromatic carbocycles. The van der Waals surface area contributed by atoms with E-state index in [1.54, 1.807) is 6.07 Å². The van der Waals surface area contributed by atoms with Crippen LogP contribution in [0.15, 0.2) is 59.1 Å². The first-order chi connectivity index (χ1) is 16.2. The van der Waals surface area contributed by atoms with E-state index in [1.807, 2.05) is 18.2 Å². The van der Waals surface area contributed by atoms with E-state index in [0.29, 0.717) is 17.6 Å². The number of nitrogens with one attached hydrogen (secondary N) is 1. The fraction of sp³-hybridized carbons (Fsp3) is 0.174. The molecular weight excluding hydrogens is 511 g/mol. The molecule has 1 N–H and O–H groups in total. The maximum absolute atomic E-state index is 13.3. The fourth-order valence-electron chi connectivity index (χ4n) is 3.85. The highest BCUT2D eigenvalue weighted by Crippen LogP contribution is 2.28. The topological polar surface area (TPSA) is 119 Å². The molecule has 0 radical (unpaired) electrons. The second-order valence-electron chi connectivity index (χ2n) is 7.92. The van der Waals surface area contributed by atoms with Gasteiger partial charge in [-0.25, -0.2) is 4.39 Å². The molecule has 3 aromatic rings. The van der Waals surface area contributed by atoms with Crippen LogP contribution in [-0.4, -0.2) is 20.7 Å². The van der Waals surface area contributed by atoms with E-state index >= 15 is 0 Å². The van der Waals surface area contributed by atoms with Crippen LogP contribution in [-0.2, 0) is 26.2 Å². The lowest BCUT2D eigenvalue weighted by Crippen LogP contribution is -2.23. The Bertz CT molecular complexity index is 1280. The van der Waals surface area contributed by atoms with Gasteiger partial charge in [0, 0.05) is 42.8 Å². The predicted octanol–water partition coefficient (Wildman–Crippen LogP) is 4.85. The summed E-state index contributed by atoms with van der Waals surface area (Å²) in [6, 6.07) is 13.3. The van der Waals surface area contributed by atoms with Crippen molar-refractivity contribution >= 4 is 33.2 Å².